The van der Waals surface area contributed by atoms with Gasteiger partial charge in [0.1, 0.15) is 18.0 Å². The maximum absolute atomic E-state index is 12.4. The van der Waals surface area contributed by atoms with Gasteiger partial charge in [-0.1, -0.05) is 20.8 Å². The molecule has 4 aliphatic rings. The van der Waals surface area contributed by atoms with Crippen LogP contribution in [-0.4, -0.2) is 43.0 Å². The third-order valence-electron chi connectivity index (χ3n) is 11.0. The van der Waals surface area contributed by atoms with Crippen LogP contribution in [-0.2, 0) is 33.4 Å². The molecule has 0 heterocycles. The van der Waals surface area contributed by atoms with E-state index < -0.39 is 0 Å². The topological polar surface area (TPSA) is 96.0 Å². The summed E-state index contributed by atoms with van der Waals surface area (Å²) in [6, 6.07) is 0. The van der Waals surface area contributed by atoms with Crippen LogP contribution in [0.3, 0.4) is 0 Å². The molecule has 0 unspecified atom stereocenters. The number of methoxy groups -OCH3 is 1. The van der Waals surface area contributed by atoms with Crippen molar-refractivity contribution in [1.82, 2.24) is 0 Å². The highest BCUT2D eigenvalue weighted by molar-refractivity contribution is 5.79. The lowest BCUT2D eigenvalue weighted by molar-refractivity contribution is -0.219. The SMILES string of the molecule is COC(=O)CC[C@H](C)[C@@H]1CC[C@@H]2[C@H]3[C@H](OC(C)=O)C[C@@H]4CC(=O)CC[C@]4(C)[C@H]3C[C@H](OC(C)=O)[C@@]21C. The largest absolute Gasteiger partial charge is 0.469 e. The van der Waals surface area contributed by atoms with Crippen molar-refractivity contribution in [3.63, 3.8) is 0 Å². The molecule has 202 valence electrons. The van der Waals surface area contributed by atoms with Gasteiger partial charge in [0.05, 0.1) is 7.11 Å². The number of fused-ring (bicyclic) bond motifs is 5. The molecule has 4 fully saturated rings. The van der Waals surface area contributed by atoms with Gasteiger partial charge in [-0.15, -0.1) is 0 Å². The number of esters is 3. The standard InChI is InChI=1S/C29H44O7/c1-16(7-10-26(33)34-6)21-8-9-22-27-23(15-25(29(21,22)5)36-18(3)31)28(4)12-11-20(32)13-19(28)14-24(27)35-17(2)30/h16,19,21-25,27H,7-15H2,1-6H3/t16-,19-,21-,22+,23-,24+,25-,27+,28-,29+/m0/s1. The van der Waals surface area contributed by atoms with E-state index in [1.54, 1.807) is 0 Å². The number of ketones is 1. The van der Waals surface area contributed by atoms with Gasteiger partial charge in [-0.3, -0.25) is 19.2 Å². The van der Waals surface area contributed by atoms with Crippen LogP contribution in [0.15, 0.2) is 0 Å². The Bertz CT molecular complexity index is 898. The first-order valence-corrected chi connectivity index (χ1v) is 13.8. The van der Waals surface area contributed by atoms with Crippen LogP contribution in [0.4, 0.5) is 0 Å². The van der Waals surface area contributed by atoms with Crippen LogP contribution < -0.4 is 0 Å². The van der Waals surface area contributed by atoms with Gasteiger partial charge in [0.25, 0.3) is 0 Å². The number of hydrogen-bond acceptors (Lipinski definition) is 7. The summed E-state index contributed by atoms with van der Waals surface area (Å²) >= 11 is 0. The normalized spacial score (nSPS) is 42.4. The first-order chi connectivity index (χ1) is 16.9. The third-order valence-corrected chi connectivity index (χ3v) is 11.0. The van der Waals surface area contributed by atoms with Crippen molar-refractivity contribution in [2.45, 2.75) is 105 Å². The average molecular weight is 505 g/mol. The molecule has 0 aliphatic heterocycles. The molecule has 7 heteroatoms. The van der Waals surface area contributed by atoms with Crippen LogP contribution >= 0.6 is 0 Å². The van der Waals surface area contributed by atoms with Gasteiger partial charge in [-0.05, 0) is 73.5 Å². The van der Waals surface area contributed by atoms with Gasteiger partial charge in [0.2, 0.25) is 0 Å². The van der Waals surface area contributed by atoms with E-state index in [1.165, 1.54) is 21.0 Å². The van der Waals surface area contributed by atoms with Crippen molar-refractivity contribution in [3.8, 4) is 0 Å². The monoisotopic (exact) mass is 504 g/mol. The van der Waals surface area contributed by atoms with Gasteiger partial charge in [0, 0.05) is 44.4 Å². The lowest BCUT2D eigenvalue weighted by atomic mass is 9.43. The lowest BCUT2D eigenvalue weighted by Crippen LogP contribution is -2.63. The maximum atomic E-state index is 12.4. The summed E-state index contributed by atoms with van der Waals surface area (Å²) in [6.07, 6.45) is 6.09. The second-order valence-electron chi connectivity index (χ2n) is 12.6. The summed E-state index contributed by atoms with van der Waals surface area (Å²) in [7, 11) is 1.42. The van der Waals surface area contributed by atoms with Gasteiger partial charge < -0.3 is 14.2 Å². The molecule has 4 rings (SSSR count). The zero-order valence-corrected chi connectivity index (χ0v) is 22.8. The van der Waals surface area contributed by atoms with E-state index in [9.17, 15) is 19.2 Å². The molecular weight excluding hydrogens is 460 g/mol. The Labute approximate surface area is 215 Å². The second kappa shape index (κ2) is 10.1. The summed E-state index contributed by atoms with van der Waals surface area (Å²) in [4.78, 5) is 48.9. The second-order valence-corrected chi connectivity index (χ2v) is 12.6. The van der Waals surface area contributed by atoms with Crippen LogP contribution in [0.2, 0.25) is 0 Å². The molecule has 0 aromatic rings. The molecule has 4 aliphatic carbocycles. The average Bonchev–Trinajstić information content (AvgIpc) is 3.16. The Morgan fingerprint density at radius 3 is 2.36 bits per heavy atom. The molecule has 0 radical (unpaired) electrons. The molecular formula is C29H44O7. The van der Waals surface area contributed by atoms with E-state index in [4.69, 9.17) is 14.2 Å². The van der Waals surface area contributed by atoms with Crippen molar-refractivity contribution in [1.29, 1.82) is 0 Å². The first-order valence-electron chi connectivity index (χ1n) is 13.8. The highest BCUT2D eigenvalue weighted by Crippen LogP contribution is 2.69. The van der Waals surface area contributed by atoms with Crippen molar-refractivity contribution < 1.29 is 33.4 Å². The van der Waals surface area contributed by atoms with Gasteiger partial charge in [0.15, 0.2) is 0 Å². The van der Waals surface area contributed by atoms with Crippen molar-refractivity contribution in [2.24, 2.45) is 46.3 Å². The van der Waals surface area contributed by atoms with E-state index in [1.807, 2.05) is 0 Å². The molecule has 0 N–H and O–H groups in total. The van der Waals surface area contributed by atoms with Crippen LogP contribution in [0.5, 0.6) is 0 Å². The van der Waals surface area contributed by atoms with E-state index in [0.717, 1.165) is 38.5 Å². The molecule has 10 atom stereocenters. The quantitative estimate of drug-likeness (QED) is 0.375. The van der Waals surface area contributed by atoms with Crippen LogP contribution in [0, 0.1) is 46.3 Å². The maximum Gasteiger partial charge on any atom is 0.305 e. The summed E-state index contributed by atoms with van der Waals surface area (Å²) in [5.74, 6) is 0.944. The molecule has 0 spiro atoms. The van der Waals surface area contributed by atoms with Crippen LogP contribution in [0.1, 0.15) is 92.4 Å². The smallest absolute Gasteiger partial charge is 0.305 e. The number of carbonyl (C=O) groups excluding carboxylic acids is 4. The Morgan fingerprint density at radius 2 is 1.72 bits per heavy atom. The van der Waals surface area contributed by atoms with Crippen molar-refractivity contribution in [3.05, 3.63) is 0 Å². The lowest BCUT2D eigenvalue weighted by Gasteiger charge is -2.63. The molecule has 0 bridgehead atoms. The minimum absolute atomic E-state index is 0.0382. The molecule has 7 nitrogen and oxygen atoms in total. The van der Waals surface area contributed by atoms with Gasteiger partial charge in [-0.2, -0.15) is 0 Å². The minimum atomic E-state index is -0.269. The fourth-order valence-corrected chi connectivity index (χ4v) is 9.25. The Balaban J connectivity index is 1.72. The number of hydrogen-bond donors (Lipinski definition) is 0. The number of carbonyl (C=O) groups is 4. The van der Waals surface area contributed by atoms with E-state index in [2.05, 4.69) is 20.8 Å². The zero-order valence-electron chi connectivity index (χ0n) is 22.8. The fourth-order valence-electron chi connectivity index (χ4n) is 9.25. The van der Waals surface area contributed by atoms with E-state index in [-0.39, 0.29) is 76.5 Å². The summed E-state index contributed by atoms with van der Waals surface area (Å²) in [6.45, 7) is 9.76. The predicted octanol–water partition coefficient (Wildman–Crippen LogP) is 4.89. The fraction of sp³-hybridized carbons (Fsp3) is 0.862. The van der Waals surface area contributed by atoms with Gasteiger partial charge >= 0.3 is 17.9 Å². The number of ether oxygens (including phenoxy) is 3. The Hall–Kier alpha value is -1.92. The van der Waals surface area contributed by atoms with Gasteiger partial charge in [-0.25, -0.2) is 0 Å². The van der Waals surface area contributed by atoms with Crippen molar-refractivity contribution >= 4 is 23.7 Å². The molecule has 0 aromatic carbocycles. The predicted molar refractivity (Wildman–Crippen MR) is 133 cm³/mol. The summed E-state index contributed by atoms with van der Waals surface area (Å²) in [5.41, 5.74) is -0.308. The highest BCUT2D eigenvalue weighted by Gasteiger charge is 2.67. The molecule has 0 aromatic heterocycles. The molecule has 0 amide bonds. The van der Waals surface area contributed by atoms with E-state index >= 15 is 0 Å². The third kappa shape index (κ3) is 4.60. The zero-order chi connectivity index (χ0) is 26.4. The molecule has 36 heavy (non-hydrogen) atoms. The number of Topliss-reactive ketones (excluding diaryl/α,β-unsaturated/α-hetero) is 1. The summed E-state index contributed by atoms with van der Waals surface area (Å²) in [5, 5.41) is 0. The Morgan fingerprint density at radius 1 is 1.03 bits per heavy atom. The first kappa shape index (κ1) is 27.1. The summed E-state index contributed by atoms with van der Waals surface area (Å²) < 4.78 is 17.0. The highest BCUT2D eigenvalue weighted by atomic mass is 16.5. The molecule has 0 saturated heterocycles. The van der Waals surface area contributed by atoms with Crippen molar-refractivity contribution in [2.75, 3.05) is 7.11 Å². The van der Waals surface area contributed by atoms with E-state index in [0.29, 0.717) is 25.0 Å². The Kier molecular flexibility index (Phi) is 7.60. The number of rotatable bonds is 6. The minimum Gasteiger partial charge on any atom is -0.469 e. The van der Waals surface area contributed by atoms with Crippen LogP contribution in [0.25, 0.3) is 0 Å². The molecule has 4 saturated carbocycles.